The highest BCUT2D eigenvalue weighted by atomic mass is 32.2. The Balaban J connectivity index is 1.67. The molecule has 0 spiro atoms. The molecule has 7 heteroatoms. The first-order chi connectivity index (χ1) is 12.1. The van der Waals surface area contributed by atoms with Gasteiger partial charge in [0.25, 0.3) is 5.91 Å². The lowest BCUT2D eigenvalue weighted by atomic mass is 10.1. The molecule has 6 nitrogen and oxygen atoms in total. The van der Waals surface area contributed by atoms with Crippen LogP contribution in [0.4, 0.5) is 0 Å². The second-order valence-electron chi connectivity index (χ2n) is 5.60. The number of hydrogen-bond acceptors (Lipinski definition) is 5. The Morgan fingerprint density at radius 3 is 2.72 bits per heavy atom. The molecular formula is C18H20N2O4S. The molecule has 0 bridgehead atoms. The minimum absolute atomic E-state index is 0.0340. The first kappa shape index (κ1) is 17.3. The predicted octanol–water partition coefficient (Wildman–Crippen LogP) is 1.38. The molecule has 0 fully saturated rings. The molecule has 0 aromatic heterocycles. The fraction of sp³-hybridized carbons (Fsp3) is 0.278. The maximum Gasteiger partial charge on any atom is 0.262 e. The smallest absolute Gasteiger partial charge is 0.262 e. The van der Waals surface area contributed by atoms with Gasteiger partial charge in [-0.25, -0.2) is 0 Å². The molecule has 25 heavy (non-hydrogen) atoms. The zero-order valence-electron chi connectivity index (χ0n) is 14.0. The maximum absolute atomic E-state index is 12.6. The Morgan fingerprint density at radius 2 is 1.96 bits per heavy atom. The third-order valence-corrected chi connectivity index (χ3v) is 5.76. The summed E-state index contributed by atoms with van der Waals surface area (Å²) < 4.78 is 23.1. The number of carbonyl (C=O) groups is 1. The summed E-state index contributed by atoms with van der Waals surface area (Å²) in [7, 11) is 1.74. The third-order valence-electron chi connectivity index (χ3n) is 4.08. The molecule has 1 aliphatic heterocycles. The van der Waals surface area contributed by atoms with Gasteiger partial charge in [0.2, 0.25) is 0 Å². The second kappa shape index (κ2) is 7.57. The van der Waals surface area contributed by atoms with Gasteiger partial charge in [-0.2, -0.15) is 0 Å². The van der Waals surface area contributed by atoms with Gasteiger partial charge in [-0.1, -0.05) is 30.4 Å². The van der Waals surface area contributed by atoms with Gasteiger partial charge >= 0.3 is 0 Å². The van der Waals surface area contributed by atoms with Crippen molar-refractivity contribution in [3.8, 4) is 11.5 Å². The van der Waals surface area contributed by atoms with E-state index in [0.29, 0.717) is 18.0 Å². The molecule has 1 amide bonds. The van der Waals surface area contributed by atoms with Crippen molar-refractivity contribution < 1.29 is 18.5 Å². The summed E-state index contributed by atoms with van der Waals surface area (Å²) in [6, 6.07) is 5.39. The summed E-state index contributed by atoms with van der Waals surface area (Å²) in [5.41, 5.74) is 0.861. The zero-order valence-corrected chi connectivity index (χ0v) is 14.8. The third kappa shape index (κ3) is 3.61. The number of fused-ring (bicyclic) bond motifs is 1. The van der Waals surface area contributed by atoms with E-state index in [4.69, 9.17) is 9.47 Å². The molecule has 3 unspecified atom stereocenters. The molecule has 1 aromatic carbocycles. The molecule has 1 aliphatic carbocycles. The van der Waals surface area contributed by atoms with Crippen molar-refractivity contribution in [1.82, 2.24) is 10.6 Å². The Bertz CT molecular complexity index is 785. The van der Waals surface area contributed by atoms with Crippen molar-refractivity contribution in [2.24, 2.45) is 0 Å². The molecule has 3 rings (SSSR count). The molecule has 1 heterocycles. The maximum atomic E-state index is 12.6. The molecule has 3 atom stereocenters. The number of nitrogens with one attached hydrogen (secondary N) is 2. The van der Waals surface area contributed by atoms with Gasteiger partial charge in [-0.05, 0) is 17.7 Å². The molecule has 0 radical (unpaired) electrons. The summed E-state index contributed by atoms with van der Waals surface area (Å²) in [6.07, 6.45) is 9.11. The van der Waals surface area contributed by atoms with Gasteiger partial charge in [0.1, 0.15) is 4.91 Å². The van der Waals surface area contributed by atoms with Crippen LogP contribution in [0.25, 0.3) is 0 Å². The quantitative estimate of drug-likeness (QED) is 0.830. The van der Waals surface area contributed by atoms with Crippen LogP contribution in [0.15, 0.2) is 53.6 Å². The van der Waals surface area contributed by atoms with Crippen molar-refractivity contribution in [2.75, 3.05) is 14.2 Å². The number of hydrogen-bond donors (Lipinski definition) is 2. The van der Waals surface area contributed by atoms with Crippen LogP contribution in [0.2, 0.25) is 0 Å². The van der Waals surface area contributed by atoms with Gasteiger partial charge < -0.3 is 20.1 Å². The average Bonchev–Trinajstić information content (AvgIpc) is 2.66. The van der Waals surface area contributed by atoms with Crippen molar-refractivity contribution in [3.63, 3.8) is 0 Å². The minimum atomic E-state index is -1.39. The molecule has 132 valence electrons. The standard InChI is InChI=1S/C18H20N2O4S/c1-23-14-8-7-12(9-15(14)24-2)10-20-18(21)17-11-19-13-5-3-4-6-16(13)25(17)22/h3-9,11,13,16,19H,10H2,1-2H3,(H,20,21). The Labute approximate surface area is 149 Å². The van der Waals surface area contributed by atoms with Gasteiger partial charge in [0, 0.05) is 12.7 Å². The monoisotopic (exact) mass is 360 g/mol. The average molecular weight is 360 g/mol. The summed E-state index contributed by atoms with van der Waals surface area (Å²) in [5.74, 6) is 0.876. The van der Waals surface area contributed by atoms with Crippen molar-refractivity contribution in [3.05, 3.63) is 59.2 Å². The van der Waals surface area contributed by atoms with Gasteiger partial charge in [0.05, 0.1) is 36.3 Å². The number of carbonyl (C=O) groups excluding carboxylic acids is 1. The number of methoxy groups -OCH3 is 2. The van der Waals surface area contributed by atoms with E-state index >= 15 is 0 Å². The van der Waals surface area contributed by atoms with E-state index < -0.39 is 10.8 Å². The number of rotatable bonds is 5. The van der Waals surface area contributed by atoms with E-state index in [0.717, 1.165) is 5.56 Å². The highest BCUT2D eigenvalue weighted by molar-refractivity contribution is 7.91. The molecule has 0 saturated carbocycles. The summed E-state index contributed by atoms with van der Waals surface area (Å²) in [4.78, 5) is 12.7. The van der Waals surface area contributed by atoms with Gasteiger partial charge in [-0.15, -0.1) is 0 Å². The Morgan fingerprint density at radius 1 is 1.20 bits per heavy atom. The topological polar surface area (TPSA) is 76.7 Å². The molecule has 2 aliphatic rings. The van der Waals surface area contributed by atoms with Crippen LogP contribution < -0.4 is 20.1 Å². The molecule has 1 aromatic rings. The first-order valence-electron chi connectivity index (χ1n) is 7.85. The first-order valence-corrected chi connectivity index (χ1v) is 9.06. The van der Waals surface area contributed by atoms with E-state index in [1.807, 2.05) is 30.4 Å². The van der Waals surface area contributed by atoms with Gasteiger partial charge in [-0.3, -0.25) is 9.00 Å². The highest BCUT2D eigenvalue weighted by Crippen LogP contribution is 2.27. The van der Waals surface area contributed by atoms with Crippen LogP contribution >= 0.6 is 0 Å². The zero-order chi connectivity index (χ0) is 17.8. The van der Waals surface area contributed by atoms with Crippen LogP contribution in [0.3, 0.4) is 0 Å². The Kier molecular flexibility index (Phi) is 5.23. The largest absolute Gasteiger partial charge is 0.493 e. The van der Waals surface area contributed by atoms with Crippen molar-refractivity contribution >= 4 is 16.7 Å². The molecule has 2 N–H and O–H groups in total. The number of ether oxygens (including phenoxy) is 2. The second-order valence-corrected chi connectivity index (χ2v) is 7.18. The van der Waals surface area contributed by atoms with Crippen LogP contribution in [0.1, 0.15) is 5.56 Å². The Hall–Kier alpha value is -2.54. The van der Waals surface area contributed by atoms with Crippen molar-refractivity contribution in [1.29, 1.82) is 0 Å². The summed E-state index contributed by atoms with van der Waals surface area (Å²) in [5, 5.41) is 5.70. The molecular weight excluding hydrogens is 340 g/mol. The minimum Gasteiger partial charge on any atom is -0.493 e. The fourth-order valence-electron chi connectivity index (χ4n) is 2.74. The van der Waals surface area contributed by atoms with Crippen molar-refractivity contribution in [2.45, 2.75) is 17.8 Å². The van der Waals surface area contributed by atoms with E-state index in [1.165, 1.54) is 0 Å². The lowest BCUT2D eigenvalue weighted by molar-refractivity contribution is -0.117. The van der Waals surface area contributed by atoms with E-state index in [1.54, 1.807) is 32.6 Å². The van der Waals surface area contributed by atoms with Gasteiger partial charge in [0.15, 0.2) is 11.5 Å². The number of amides is 1. The van der Waals surface area contributed by atoms with Crippen LogP contribution in [-0.2, 0) is 22.1 Å². The number of benzene rings is 1. The van der Waals surface area contributed by atoms with Crippen LogP contribution in [0, 0.1) is 0 Å². The van der Waals surface area contributed by atoms with Crippen LogP contribution in [0.5, 0.6) is 11.5 Å². The SMILES string of the molecule is COc1ccc(CNC(=O)C2=CNC3C=CC=CC3S2=O)cc1OC. The van der Waals surface area contributed by atoms with E-state index in [9.17, 15) is 9.00 Å². The lowest BCUT2D eigenvalue weighted by Crippen LogP contribution is -2.45. The molecule has 0 saturated heterocycles. The highest BCUT2D eigenvalue weighted by Gasteiger charge is 2.33. The normalized spacial score (nSPS) is 23.9. The van der Waals surface area contributed by atoms with Crippen LogP contribution in [-0.4, -0.2) is 35.6 Å². The predicted molar refractivity (Wildman–Crippen MR) is 96.6 cm³/mol. The summed E-state index contributed by atoms with van der Waals surface area (Å²) in [6.45, 7) is 0.303. The summed E-state index contributed by atoms with van der Waals surface area (Å²) >= 11 is 0. The number of allylic oxidation sites excluding steroid dienone is 2. The fourth-order valence-corrected chi connectivity index (χ4v) is 4.14. The lowest BCUT2D eigenvalue weighted by Gasteiger charge is -2.29. The van der Waals surface area contributed by atoms with E-state index in [-0.39, 0.29) is 22.1 Å². The van der Waals surface area contributed by atoms with E-state index in [2.05, 4.69) is 10.6 Å².